The normalized spacial score (nSPS) is 29.8. The van der Waals surface area contributed by atoms with Crippen molar-refractivity contribution in [1.29, 1.82) is 0 Å². The van der Waals surface area contributed by atoms with Crippen molar-refractivity contribution in [3.05, 3.63) is 0 Å². The fourth-order valence-corrected chi connectivity index (χ4v) is 2.86. The molecule has 1 aliphatic carbocycles. The maximum absolute atomic E-state index is 5.71. The van der Waals surface area contributed by atoms with Crippen LogP contribution < -0.4 is 5.32 Å². The standard InChI is InChI=1S/C12H24N2O/c1-13-8-12-10-14(6-7-15-12)9-11-4-2-3-5-11/h11-13H,2-10H2,1H3. The Labute approximate surface area is 93.2 Å². The van der Waals surface area contributed by atoms with Crippen LogP contribution in [0.5, 0.6) is 0 Å². The van der Waals surface area contributed by atoms with Crippen LogP contribution in [-0.2, 0) is 4.74 Å². The highest BCUT2D eigenvalue weighted by molar-refractivity contribution is 4.77. The molecule has 1 saturated carbocycles. The third-order valence-corrected chi connectivity index (χ3v) is 3.65. The third-order valence-electron chi connectivity index (χ3n) is 3.65. The highest BCUT2D eigenvalue weighted by Gasteiger charge is 2.23. The van der Waals surface area contributed by atoms with Crippen LogP contribution in [0, 0.1) is 5.92 Å². The Morgan fingerprint density at radius 2 is 2.13 bits per heavy atom. The molecule has 3 heteroatoms. The first-order valence-electron chi connectivity index (χ1n) is 6.37. The average molecular weight is 212 g/mol. The second kappa shape index (κ2) is 5.83. The van der Waals surface area contributed by atoms with Crippen molar-refractivity contribution >= 4 is 0 Å². The molecule has 3 nitrogen and oxygen atoms in total. The van der Waals surface area contributed by atoms with Gasteiger partial charge in [0.1, 0.15) is 0 Å². The quantitative estimate of drug-likeness (QED) is 0.755. The van der Waals surface area contributed by atoms with Crippen molar-refractivity contribution in [3.8, 4) is 0 Å². The lowest BCUT2D eigenvalue weighted by atomic mass is 10.1. The molecule has 0 spiro atoms. The lowest BCUT2D eigenvalue weighted by Crippen LogP contribution is -2.47. The first-order valence-corrected chi connectivity index (χ1v) is 6.37. The van der Waals surface area contributed by atoms with E-state index in [-0.39, 0.29) is 0 Å². The number of nitrogens with zero attached hydrogens (tertiary/aromatic N) is 1. The summed E-state index contributed by atoms with van der Waals surface area (Å²) in [5, 5.41) is 3.20. The van der Waals surface area contributed by atoms with E-state index < -0.39 is 0 Å². The second-order valence-corrected chi connectivity index (χ2v) is 4.96. The predicted molar refractivity (Wildman–Crippen MR) is 62.1 cm³/mol. The molecule has 0 amide bonds. The number of hydrogen-bond donors (Lipinski definition) is 1. The van der Waals surface area contributed by atoms with Crippen molar-refractivity contribution in [3.63, 3.8) is 0 Å². The Bertz CT molecular complexity index is 178. The predicted octanol–water partition coefficient (Wildman–Crippen LogP) is 1.10. The largest absolute Gasteiger partial charge is 0.374 e. The molecule has 1 N–H and O–H groups in total. The highest BCUT2D eigenvalue weighted by Crippen LogP contribution is 2.25. The molecule has 0 radical (unpaired) electrons. The third kappa shape index (κ3) is 3.44. The average Bonchev–Trinajstić information content (AvgIpc) is 2.71. The van der Waals surface area contributed by atoms with Gasteiger partial charge in [-0.2, -0.15) is 0 Å². The molecule has 2 fully saturated rings. The lowest BCUT2D eigenvalue weighted by molar-refractivity contribution is -0.0305. The van der Waals surface area contributed by atoms with Crippen molar-refractivity contribution in [1.82, 2.24) is 10.2 Å². The van der Waals surface area contributed by atoms with E-state index in [1.165, 1.54) is 32.2 Å². The Morgan fingerprint density at radius 3 is 2.87 bits per heavy atom. The Hall–Kier alpha value is -0.120. The fraction of sp³-hybridized carbons (Fsp3) is 1.00. The van der Waals surface area contributed by atoms with Gasteiger partial charge in [0.25, 0.3) is 0 Å². The summed E-state index contributed by atoms with van der Waals surface area (Å²) in [5.41, 5.74) is 0. The summed E-state index contributed by atoms with van der Waals surface area (Å²) in [6.45, 7) is 5.47. The molecule has 1 atom stereocenters. The number of likely N-dealkylation sites (N-methyl/N-ethyl adjacent to an activating group) is 1. The molecular formula is C12H24N2O. The molecular weight excluding hydrogens is 188 g/mol. The first-order chi connectivity index (χ1) is 7.38. The molecule has 1 unspecified atom stereocenters. The smallest absolute Gasteiger partial charge is 0.0826 e. The Morgan fingerprint density at radius 1 is 1.33 bits per heavy atom. The number of rotatable bonds is 4. The molecule has 15 heavy (non-hydrogen) atoms. The molecule has 88 valence electrons. The fourth-order valence-electron chi connectivity index (χ4n) is 2.86. The summed E-state index contributed by atoms with van der Waals surface area (Å²) in [5.74, 6) is 0.971. The van der Waals surface area contributed by atoms with Gasteiger partial charge in [0.15, 0.2) is 0 Å². The SMILES string of the molecule is CNCC1CN(CC2CCCC2)CCO1. The van der Waals surface area contributed by atoms with Gasteiger partial charge in [0.2, 0.25) is 0 Å². The van der Waals surface area contributed by atoms with E-state index in [1.807, 2.05) is 7.05 Å². The summed E-state index contributed by atoms with van der Waals surface area (Å²) < 4.78 is 5.71. The number of hydrogen-bond acceptors (Lipinski definition) is 3. The van der Waals surface area contributed by atoms with E-state index in [0.717, 1.165) is 32.2 Å². The van der Waals surface area contributed by atoms with E-state index in [1.54, 1.807) is 0 Å². The van der Waals surface area contributed by atoms with Crippen LogP contribution in [-0.4, -0.2) is 50.8 Å². The zero-order chi connectivity index (χ0) is 10.5. The van der Waals surface area contributed by atoms with Gasteiger partial charge in [-0.1, -0.05) is 12.8 Å². The Balaban J connectivity index is 1.71. The van der Waals surface area contributed by atoms with Crippen LogP contribution in [0.2, 0.25) is 0 Å². The molecule has 0 bridgehead atoms. The van der Waals surface area contributed by atoms with Crippen LogP contribution in [0.4, 0.5) is 0 Å². The van der Waals surface area contributed by atoms with Gasteiger partial charge < -0.3 is 10.1 Å². The van der Waals surface area contributed by atoms with Crippen LogP contribution in [0.15, 0.2) is 0 Å². The van der Waals surface area contributed by atoms with Crippen LogP contribution in [0.1, 0.15) is 25.7 Å². The second-order valence-electron chi connectivity index (χ2n) is 4.96. The van der Waals surface area contributed by atoms with Crippen molar-refractivity contribution < 1.29 is 4.74 Å². The summed E-state index contributed by atoms with van der Waals surface area (Å²) in [6, 6.07) is 0. The molecule has 1 saturated heterocycles. The highest BCUT2D eigenvalue weighted by atomic mass is 16.5. The number of nitrogens with one attached hydrogen (secondary N) is 1. The number of ether oxygens (including phenoxy) is 1. The molecule has 2 aliphatic rings. The molecule has 2 rings (SSSR count). The van der Waals surface area contributed by atoms with Gasteiger partial charge in [0, 0.05) is 26.2 Å². The van der Waals surface area contributed by atoms with E-state index in [0.29, 0.717) is 6.10 Å². The van der Waals surface area contributed by atoms with Crippen LogP contribution in [0.3, 0.4) is 0 Å². The summed E-state index contributed by atoms with van der Waals surface area (Å²) >= 11 is 0. The zero-order valence-corrected chi connectivity index (χ0v) is 9.87. The molecule has 1 aliphatic heterocycles. The molecule has 0 aromatic rings. The van der Waals surface area contributed by atoms with E-state index in [2.05, 4.69) is 10.2 Å². The van der Waals surface area contributed by atoms with Gasteiger partial charge >= 0.3 is 0 Å². The number of morpholine rings is 1. The van der Waals surface area contributed by atoms with E-state index in [9.17, 15) is 0 Å². The van der Waals surface area contributed by atoms with E-state index >= 15 is 0 Å². The summed E-state index contributed by atoms with van der Waals surface area (Å²) in [4.78, 5) is 2.60. The minimum atomic E-state index is 0.408. The minimum absolute atomic E-state index is 0.408. The zero-order valence-electron chi connectivity index (χ0n) is 9.87. The molecule has 1 heterocycles. The maximum Gasteiger partial charge on any atom is 0.0826 e. The monoisotopic (exact) mass is 212 g/mol. The maximum atomic E-state index is 5.71. The summed E-state index contributed by atoms with van der Waals surface area (Å²) in [7, 11) is 2.00. The Kier molecular flexibility index (Phi) is 4.42. The van der Waals surface area contributed by atoms with Gasteiger partial charge in [-0.25, -0.2) is 0 Å². The van der Waals surface area contributed by atoms with Crippen molar-refractivity contribution in [2.45, 2.75) is 31.8 Å². The van der Waals surface area contributed by atoms with E-state index in [4.69, 9.17) is 4.74 Å². The van der Waals surface area contributed by atoms with Crippen molar-refractivity contribution in [2.75, 3.05) is 39.8 Å². The lowest BCUT2D eigenvalue weighted by Gasteiger charge is -2.34. The van der Waals surface area contributed by atoms with Gasteiger partial charge in [-0.3, -0.25) is 4.90 Å². The topological polar surface area (TPSA) is 24.5 Å². The van der Waals surface area contributed by atoms with Gasteiger partial charge in [-0.05, 0) is 25.8 Å². The van der Waals surface area contributed by atoms with Crippen LogP contribution >= 0.6 is 0 Å². The van der Waals surface area contributed by atoms with Gasteiger partial charge in [0.05, 0.1) is 12.7 Å². The minimum Gasteiger partial charge on any atom is -0.374 e. The first kappa shape index (κ1) is 11.4. The molecule has 0 aromatic carbocycles. The molecule has 0 aromatic heterocycles. The van der Waals surface area contributed by atoms with Gasteiger partial charge in [-0.15, -0.1) is 0 Å². The van der Waals surface area contributed by atoms with Crippen LogP contribution in [0.25, 0.3) is 0 Å². The van der Waals surface area contributed by atoms with Crippen molar-refractivity contribution in [2.24, 2.45) is 5.92 Å². The summed E-state index contributed by atoms with van der Waals surface area (Å²) in [6.07, 6.45) is 6.22.